The third-order valence-electron chi connectivity index (χ3n) is 2.46. The van der Waals surface area contributed by atoms with E-state index in [4.69, 9.17) is 0 Å². The maximum absolute atomic E-state index is 13.1. The van der Waals surface area contributed by atoms with Gasteiger partial charge in [0.1, 0.15) is 11.9 Å². The molecule has 2 N–H and O–H groups in total. The van der Waals surface area contributed by atoms with Crippen LogP contribution in [-0.4, -0.2) is 24.4 Å². The van der Waals surface area contributed by atoms with Crippen LogP contribution in [0.1, 0.15) is 30.6 Å². The zero-order valence-electron chi connectivity index (χ0n) is 10.8. The standard InChI is InChI=1S/C13H16BrFN2O2/c1-3-6-16-12(18)8(2)17-13(19)10-7-9(15)4-5-11(10)14/h4-5,7-8H,3,6H2,1-2H3,(H,16,18)(H,17,19). The largest absolute Gasteiger partial charge is 0.354 e. The van der Waals surface area contributed by atoms with Crippen LogP contribution in [0, 0.1) is 5.82 Å². The minimum Gasteiger partial charge on any atom is -0.354 e. The summed E-state index contributed by atoms with van der Waals surface area (Å²) in [5, 5.41) is 5.20. The average Bonchev–Trinajstić information content (AvgIpc) is 2.38. The Morgan fingerprint density at radius 1 is 1.42 bits per heavy atom. The molecule has 4 nitrogen and oxygen atoms in total. The van der Waals surface area contributed by atoms with Crippen molar-refractivity contribution in [2.45, 2.75) is 26.3 Å². The normalized spacial score (nSPS) is 11.8. The second kappa shape index (κ2) is 7.23. The van der Waals surface area contributed by atoms with Gasteiger partial charge < -0.3 is 10.6 Å². The molecule has 0 saturated carbocycles. The van der Waals surface area contributed by atoms with Crippen LogP contribution in [0.25, 0.3) is 0 Å². The molecule has 1 atom stereocenters. The Labute approximate surface area is 119 Å². The van der Waals surface area contributed by atoms with Crippen molar-refractivity contribution >= 4 is 27.7 Å². The van der Waals surface area contributed by atoms with Crippen molar-refractivity contribution in [3.05, 3.63) is 34.1 Å². The first-order chi connectivity index (χ1) is 8.95. The summed E-state index contributed by atoms with van der Waals surface area (Å²) in [5.41, 5.74) is 0.162. The SMILES string of the molecule is CCCNC(=O)C(C)NC(=O)c1cc(F)ccc1Br. The van der Waals surface area contributed by atoms with Crippen molar-refractivity contribution in [1.29, 1.82) is 0 Å². The van der Waals surface area contributed by atoms with E-state index in [1.165, 1.54) is 12.1 Å². The predicted octanol–water partition coefficient (Wildman–Crippen LogP) is 2.23. The van der Waals surface area contributed by atoms with Crippen molar-refractivity contribution in [1.82, 2.24) is 10.6 Å². The van der Waals surface area contributed by atoms with E-state index in [0.29, 0.717) is 11.0 Å². The Hall–Kier alpha value is -1.43. The fraction of sp³-hybridized carbons (Fsp3) is 0.385. The fourth-order valence-electron chi connectivity index (χ4n) is 1.41. The van der Waals surface area contributed by atoms with Crippen molar-refractivity contribution < 1.29 is 14.0 Å². The van der Waals surface area contributed by atoms with Crippen LogP contribution < -0.4 is 10.6 Å². The molecule has 1 aromatic rings. The molecule has 0 aromatic heterocycles. The molecule has 0 aliphatic carbocycles. The van der Waals surface area contributed by atoms with Crippen LogP contribution in [0.2, 0.25) is 0 Å². The number of carbonyl (C=O) groups excluding carboxylic acids is 2. The number of hydrogen-bond donors (Lipinski definition) is 2. The minimum atomic E-state index is -0.672. The second-order valence-corrected chi connectivity index (χ2v) is 4.96. The van der Waals surface area contributed by atoms with E-state index in [9.17, 15) is 14.0 Å². The van der Waals surface area contributed by atoms with Crippen molar-refractivity contribution in [2.24, 2.45) is 0 Å². The Morgan fingerprint density at radius 2 is 2.11 bits per heavy atom. The molecule has 1 unspecified atom stereocenters. The highest BCUT2D eigenvalue weighted by molar-refractivity contribution is 9.10. The number of benzene rings is 1. The number of rotatable bonds is 5. The number of halogens is 2. The van der Waals surface area contributed by atoms with Crippen molar-refractivity contribution in [3.8, 4) is 0 Å². The maximum Gasteiger partial charge on any atom is 0.253 e. The lowest BCUT2D eigenvalue weighted by molar-refractivity contribution is -0.122. The molecule has 0 bridgehead atoms. The quantitative estimate of drug-likeness (QED) is 0.869. The van der Waals surface area contributed by atoms with Crippen LogP contribution in [-0.2, 0) is 4.79 Å². The Morgan fingerprint density at radius 3 is 2.74 bits per heavy atom. The van der Waals surface area contributed by atoms with Gasteiger partial charge in [0.25, 0.3) is 5.91 Å². The summed E-state index contributed by atoms with van der Waals surface area (Å²) in [6.45, 7) is 4.08. The first kappa shape index (κ1) is 15.6. The lowest BCUT2D eigenvalue weighted by Crippen LogP contribution is -2.45. The first-order valence-corrected chi connectivity index (χ1v) is 6.78. The first-order valence-electron chi connectivity index (χ1n) is 5.99. The minimum absolute atomic E-state index is 0.162. The number of hydrogen-bond acceptors (Lipinski definition) is 2. The van der Waals surface area contributed by atoms with Gasteiger partial charge in [0.05, 0.1) is 5.56 Å². The summed E-state index contributed by atoms with van der Waals surface area (Å²) in [6.07, 6.45) is 0.821. The van der Waals surface area contributed by atoms with E-state index in [1.54, 1.807) is 6.92 Å². The topological polar surface area (TPSA) is 58.2 Å². The third kappa shape index (κ3) is 4.63. The smallest absolute Gasteiger partial charge is 0.253 e. The van der Waals surface area contributed by atoms with E-state index in [2.05, 4.69) is 26.6 Å². The molecule has 0 aliphatic heterocycles. The van der Waals surface area contributed by atoms with Crippen molar-refractivity contribution in [2.75, 3.05) is 6.54 Å². The van der Waals surface area contributed by atoms with E-state index in [1.807, 2.05) is 6.92 Å². The highest BCUT2D eigenvalue weighted by Gasteiger charge is 2.18. The van der Waals surface area contributed by atoms with Crippen molar-refractivity contribution in [3.63, 3.8) is 0 Å². The van der Waals surface area contributed by atoms with Gasteiger partial charge >= 0.3 is 0 Å². The highest BCUT2D eigenvalue weighted by Crippen LogP contribution is 2.17. The maximum atomic E-state index is 13.1. The molecule has 1 rings (SSSR count). The predicted molar refractivity (Wildman–Crippen MR) is 74.3 cm³/mol. The zero-order valence-corrected chi connectivity index (χ0v) is 12.4. The fourth-order valence-corrected chi connectivity index (χ4v) is 1.84. The second-order valence-electron chi connectivity index (χ2n) is 4.11. The van der Waals surface area contributed by atoms with Gasteiger partial charge in [0.15, 0.2) is 0 Å². The Bertz CT molecular complexity index is 480. The lowest BCUT2D eigenvalue weighted by atomic mass is 10.2. The molecule has 1 aromatic carbocycles. The summed E-state index contributed by atoms with van der Waals surface area (Å²) >= 11 is 3.17. The Kier molecular flexibility index (Phi) is 5.95. The van der Waals surface area contributed by atoms with Gasteiger partial charge in [0.2, 0.25) is 5.91 Å². The van der Waals surface area contributed by atoms with E-state index in [-0.39, 0.29) is 11.5 Å². The Balaban J connectivity index is 2.68. The van der Waals surface area contributed by atoms with Gasteiger partial charge in [-0.05, 0) is 47.5 Å². The molecule has 0 radical (unpaired) electrons. The zero-order chi connectivity index (χ0) is 14.4. The van der Waals surface area contributed by atoms with Crippen LogP contribution >= 0.6 is 15.9 Å². The number of nitrogens with one attached hydrogen (secondary N) is 2. The lowest BCUT2D eigenvalue weighted by Gasteiger charge is -2.14. The van der Waals surface area contributed by atoms with Gasteiger partial charge in [-0.25, -0.2) is 4.39 Å². The van der Waals surface area contributed by atoms with Crippen LogP contribution in [0.3, 0.4) is 0 Å². The van der Waals surface area contributed by atoms with Gasteiger partial charge in [0, 0.05) is 11.0 Å². The molecule has 0 saturated heterocycles. The highest BCUT2D eigenvalue weighted by atomic mass is 79.9. The summed E-state index contributed by atoms with van der Waals surface area (Å²) in [7, 11) is 0. The molecular weight excluding hydrogens is 315 g/mol. The molecule has 2 amide bonds. The third-order valence-corrected chi connectivity index (χ3v) is 3.15. The monoisotopic (exact) mass is 330 g/mol. The molecule has 0 fully saturated rings. The van der Waals surface area contributed by atoms with Gasteiger partial charge in [-0.2, -0.15) is 0 Å². The van der Waals surface area contributed by atoms with Crippen LogP contribution in [0.5, 0.6) is 0 Å². The van der Waals surface area contributed by atoms with E-state index in [0.717, 1.165) is 12.5 Å². The average molecular weight is 331 g/mol. The van der Waals surface area contributed by atoms with Crippen LogP contribution in [0.4, 0.5) is 4.39 Å². The molecular formula is C13H16BrFN2O2. The van der Waals surface area contributed by atoms with E-state index >= 15 is 0 Å². The summed E-state index contributed by atoms with van der Waals surface area (Å²) < 4.78 is 13.6. The number of amides is 2. The van der Waals surface area contributed by atoms with Gasteiger partial charge in [-0.15, -0.1) is 0 Å². The summed E-state index contributed by atoms with van der Waals surface area (Å²) in [6, 6.07) is 3.15. The number of carbonyl (C=O) groups is 2. The molecule has 0 aliphatic rings. The molecule has 104 valence electrons. The molecule has 6 heteroatoms. The summed E-state index contributed by atoms with van der Waals surface area (Å²) in [5.74, 6) is -1.26. The molecule has 0 spiro atoms. The van der Waals surface area contributed by atoms with Gasteiger partial charge in [-0.3, -0.25) is 9.59 Å². The molecule has 19 heavy (non-hydrogen) atoms. The van der Waals surface area contributed by atoms with E-state index < -0.39 is 17.8 Å². The molecule has 0 heterocycles. The van der Waals surface area contributed by atoms with Gasteiger partial charge in [-0.1, -0.05) is 6.92 Å². The summed E-state index contributed by atoms with van der Waals surface area (Å²) in [4.78, 5) is 23.5. The van der Waals surface area contributed by atoms with Crippen LogP contribution in [0.15, 0.2) is 22.7 Å².